The van der Waals surface area contributed by atoms with Crippen molar-refractivity contribution in [3.63, 3.8) is 0 Å². The molecule has 1 aliphatic carbocycles. The summed E-state index contributed by atoms with van der Waals surface area (Å²) < 4.78 is 46.0. The van der Waals surface area contributed by atoms with Crippen LogP contribution < -0.4 is 20.7 Å². The molecule has 9 nitrogen and oxygen atoms in total. The molecule has 12 heteroatoms. The summed E-state index contributed by atoms with van der Waals surface area (Å²) in [4.78, 5) is 19.6. The lowest BCUT2D eigenvalue weighted by molar-refractivity contribution is -0.274. The highest BCUT2D eigenvalue weighted by Gasteiger charge is 2.33. The molecule has 3 aromatic rings. The number of nitrogens with one attached hydrogen (secondary N) is 3. The van der Waals surface area contributed by atoms with Gasteiger partial charge in [-0.1, -0.05) is 13.8 Å². The van der Waals surface area contributed by atoms with Gasteiger partial charge in [0, 0.05) is 23.8 Å². The van der Waals surface area contributed by atoms with Crippen LogP contribution in [0.5, 0.6) is 5.75 Å². The smallest absolute Gasteiger partial charge is 0.404 e. The Kier molecular flexibility index (Phi) is 7.80. The fraction of sp³-hybridized carbons (Fsp3) is 0.536. The summed E-state index contributed by atoms with van der Waals surface area (Å²) in [6.07, 6.45) is 2.54. The lowest BCUT2D eigenvalue weighted by atomic mass is 9.75. The van der Waals surface area contributed by atoms with Gasteiger partial charge >= 0.3 is 6.36 Å². The number of ether oxygens (including phenoxy) is 1. The van der Waals surface area contributed by atoms with E-state index in [0.717, 1.165) is 63.2 Å². The molecule has 0 unspecified atom stereocenters. The zero-order valence-corrected chi connectivity index (χ0v) is 23.0. The number of halogens is 3. The van der Waals surface area contributed by atoms with Crippen molar-refractivity contribution in [2.45, 2.75) is 70.8 Å². The third kappa shape index (κ3) is 6.96. The molecule has 1 saturated carbocycles. The molecular weight excluding hydrogens is 523 g/mol. The van der Waals surface area contributed by atoms with Crippen molar-refractivity contribution in [1.29, 1.82) is 0 Å². The van der Waals surface area contributed by atoms with Gasteiger partial charge < -0.3 is 25.6 Å². The lowest BCUT2D eigenvalue weighted by Crippen LogP contribution is -2.43. The number of carbonyl (C=O) groups excluding carboxylic acids is 1. The summed E-state index contributed by atoms with van der Waals surface area (Å²) in [5, 5.41) is 13.7. The number of hydrogen-bond donors (Lipinski definition) is 3. The second-order valence-electron chi connectivity index (χ2n) is 11.6. The van der Waals surface area contributed by atoms with E-state index >= 15 is 0 Å². The second-order valence-corrected chi connectivity index (χ2v) is 11.6. The van der Waals surface area contributed by atoms with Crippen molar-refractivity contribution in [1.82, 2.24) is 24.8 Å². The second kappa shape index (κ2) is 11.1. The number of alkyl halides is 3. The summed E-state index contributed by atoms with van der Waals surface area (Å²) in [7, 11) is 2.01. The number of hydrogen-bond acceptors (Lipinski definition) is 7. The molecule has 2 aromatic heterocycles. The molecule has 0 radical (unpaired) electrons. The number of nitrogens with zero attached hydrogens (tertiary/aromatic N) is 4. The molecule has 216 valence electrons. The first-order valence-corrected chi connectivity index (χ1v) is 13.7. The van der Waals surface area contributed by atoms with Gasteiger partial charge in [-0.15, -0.1) is 18.3 Å². The number of anilines is 3. The molecule has 1 saturated heterocycles. The van der Waals surface area contributed by atoms with Gasteiger partial charge in [0.05, 0.1) is 5.69 Å². The van der Waals surface area contributed by atoms with E-state index in [1.807, 2.05) is 19.2 Å². The molecule has 2 aliphatic rings. The fourth-order valence-electron chi connectivity index (χ4n) is 5.35. The number of benzene rings is 1. The van der Waals surface area contributed by atoms with Crippen LogP contribution >= 0.6 is 0 Å². The predicted octanol–water partition coefficient (Wildman–Crippen LogP) is 5.58. The third-order valence-corrected chi connectivity index (χ3v) is 7.84. The molecular formula is C28H36F3N7O2. The fourth-order valence-corrected chi connectivity index (χ4v) is 5.35. The predicted molar refractivity (Wildman–Crippen MR) is 147 cm³/mol. The van der Waals surface area contributed by atoms with E-state index in [1.165, 1.54) is 12.1 Å². The zero-order chi connectivity index (χ0) is 28.5. The van der Waals surface area contributed by atoms with E-state index in [0.29, 0.717) is 11.2 Å². The Morgan fingerprint density at radius 3 is 2.50 bits per heavy atom. The van der Waals surface area contributed by atoms with Gasteiger partial charge in [-0.3, -0.25) is 4.79 Å². The molecule has 1 amide bonds. The van der Waals surface area contributed by atoms with Crippen LogP contribution in [0.1, 0.15) is 62.7 Å². The van der Waals surface area contributed by atoms with Crippen molar-refractivity contribution in [2.24, 2.45) is 5.41 Å². The lowest BCUT2D eigenvalue weighted by Gasteiger charge is -2.34. The largest absolute Gasteiger partial charge is 0.573 e. The first-order chi connectivity index (χ1) is 18.9. The van der Waals surface area contributed by atoms with Crippen molar-refractivity contribution in [3.8, 4) is 5.75 Å². The standard InChI is InChI=1S/C28H36F3N7O2/c1-27(2)12-8-19(9-13-27)32-24-22-5-4-14-38(22)36-26(35-24)34-21-7-6-18(17-23(21)40-28(29,30)31)25(39)33-20-10-15-37(3)16-11-20/h4-7,14,17,19-20H,8-13,15-16H2,1-3H3,(H,33,39)(H2,32,34,35,36). The molecule has 0 spiro atoms. The van der Waals surface area contributed by atoms with E-state index in [-0.39, 0.29) is 29.3 Å². The van der Waals surface area contributed by atoms with Crippen LogP contribution in [0.15, 0.2) is 36.5 Å². The Bertz CT molecular complexity index is 1340. The highest BCUT2D eigenvalue weighted by Crippen LogP contribution is 2.37. The van der Waals surface area contributed by atoms with Crippen LogP contribution in [0.4, 0.5) is 30.6 Å². The number of amides is 1. The average Bonchev–Trinajstić information content (AvgIpc) is 3.36. The van der Waals surface area contributed by atoms with Gasteiger partial charge in [0.2, 0.25) is 5.95 Å². The topological polar surface area (TPSA) is 95.8 Å². The minimum absolute atomic E-state index is 0.00922. The highest BCUT2D eigenvalue weighted by molar-refractivity contribution is 5.95. The number of piperidine rings is 1. The Morgan fingerprint density at radius 1 is 1.07 bits per heavy atom. The molecule has 3 N–H and O–H groups in total. The van der Waals surface area contributed by atoms with Crippen molar-refractivity contribution < 1.29 is 22.7 Å². The van der Waals surface area contributed by atoms with Gasteiger partial charge in [0.15, 0.2) is 11.6 Å². The van der Waals surface area contributed by atoms with Gasteiger partial charge in [-0.2, -0.15) is 4.98 Å². The average molecular weight is 560 g/mol. The summed E-state index contributed by atoms with van der Waals surface area (Å²) in [6.45, 7) is 6.23. The maximum absolute atomic E-state index is 13.3. The van der Waals surface area contributed by atoms with E-state index in [4.69, 9.17) is 0 Å². The molecule has 1 aliphatic heterocycles. The first kappa shape index (κ1) is 28.0. The molecule has 1 aromatic carbocycles. The monoisotopic (exact) mass is 559 g/mol. The Hall–Kier alpha value is -3.54. The minimum Gasteiger partial charge on any atom is -0.404 e. The summed E-state index contributed by atoms with van der Waals surface area (Å²) in [5.74, 6) is -0.290. The van der Waals surface area contributed by atoms with Crippen LogP contribution in [0.2, 0.25) is 0 Å². The zero-order valence-electron chi connectivity index (χ0n) is 23.0. The van der Waals surface area contributed by atoms with E-state index < -0.39 is 18.0 Å². The van der Waals surface area contributed by atoms with Crippen molar-refractivity contribution >= 4 is 28.9 Å². The Morgan fingerprint density at radius 2 is 1.80 bits per heavy atom. The maximum Gasteiger partial charge on any atom is 0.573 e. The van der Waals surface area contributed by atoms with Crippen LogP contribution in [0.25, 0.3) is 5.52 Å². The molecule has 0 bridgehead atoms. The number of fused-ring (bicyclic) bond motifs is 1. The van der Waals surface area contributed by atoms with Gasteiger partial charge in [-0.05, 0) is 94.4 Å². The highest BCUT2D eigenvalue weighted by atomic mass is 19.4. The Labute approximate surface area is 231 Å². The SMILES string of the molecule is CN1CCC(NC(=O)c2ccc(Nc3nc(NC4CCC(C)(C)CC4)c4cccn4n3)c(OC(F)(F)F)c2)CC1. The van der Waals surface area contributed by atoms with Crippen molar-refractivity contribution in [3.05, 3.63) is 42.1 Å². The summed E-state index contributed by atoms with van der Waals surface area (Å²) in [6, 6.07) is 7.86. The molecule has 40 heavy (non-hydrogen) atoms. The van der Waals surface area contributed by atoms with E-state index in [9.17, 15) is 18.0 Å². The number of rotatable bonds is 7. The van der Waals surface area contributed by atoms with Crippen LogP contribution in [0, 0.1) is 5.41 Å². The van der Waals surface area contributed by atoms with Crippen molar-refractivity contribution in [2.75, 3.05) is 30.8 Å². The number of carbonyl (C=O) groups is 1. The third-order valence-electron chi connectivity index (χ3n) is 7.84. The summed E-state index contributed by atoms with van der Waals surface area (Å²) in [5.41, 5.74) is 1.15. The number of likely N-dealkylation sites (tertiary alicyclic amines) is 1. The van der Waals surface area contributed by atoms with Crippen LogP contribution in [-0.4, -0.2) is 64.0 Å². The van der Waals surface area contributed by atoms with Gasteiger partial charge in [0.1, 0.15) is 5.52 Å². The molecule has 0 atom stereocenters. The maximum atomic E-state index is 13.3. The molecule has 2 fully saturated rings. The van der Waals surface area contributed by atoms with Crippen LogP contribution in [-0.2, 0) is 0 Å². The Balaban J connectivity index is 1.37. The molecule has 3 heterocycles. The normalized spacial score (nSPS) is 18.9. The summed E-state index contributed by atoms with van der Waals surface area (Å²) >= 11 is 0. The molecule has 5 rings (SSSR count). The number of aromatic nitrogens is 3. The van der Waals surface area contributed by atoms with Crippen LogP contribution in [0.3, 0.4) is 0 Å². The first-order valence-electron chi connectivity index (χ1n) is 13.7. The van der Waals surface area contributed by atoms with E-state index in [2.05, 4.69) is 49.5 Å². The minimum atomic E-state index is -4.95. The van der Waals surface area contributed by atoms with Gasteiger partial charge in [-0.25, -0.2) is 4.52 Å². The van der Waals surface area contributed by atoms with E-state index in [1.54, 1.807) is 10.7 Å². The van der Waals surface area contributed by atoms with Gasteiger partial charge in [0.25, 0.3) is 5.91 Å². The quantitative estimate of drug-likeness (QED) is 0.348.